The predicted molar refractivity (Wildman–Crippen MR) is 144 cm³/mol. The number of amides is 2. The Morgan fingerprint density at radius 1 is 0.806 bits per heavy atom. The molecule has 7 heteroatoms. The lowest BCUT2D eigenvalue weighted by atomic mass is 9.90. The SMILES string of the molecule is CC(C)(NC(=O)[C@@H](CCCN=C(N)N)NC(=O)C(c1ccccc1)c1ccccc1)c1ccccc1. The number of hydrogen-bond donors (Lipinski definition) is 4. The van der Waals surface area contributed by atoms with Crippen molar-refractivity contribution in [3.8, 4) is 0 Å². The molecule has 188 valence electrons. The van der Waals surface area contributed by atoms with Gasteiger partial charge in [0.05, 0.1) is 11.5 Å². The van der Waals surface area contributed by atoms with E-state index in [2.05, 4.69) is 15.6 Å². The Hall–Kier alpha value is -4.13. The molecule has 3 aromatic rings. The molecule has 0 bridgehead atoms. The molecule has 0 heterocycles. The van der Waals surface area contributed by atoms with Crippen LogP contribution in [0.5, 0.6) is 0 Å². The van der Waals surface area contributed by atoms with Crippen molar-refractivity contribution in [2.45, 2.75) is 44.2 Å². The minimum atomic E-state index is -0.760. The van der Waals surface area contributed by atoms with Gasteiger partial charge in [-0.05, 0) is 43.4 Å². The largest absolute Gasteiger partial charge is 0.370 e. The topological polar surface area (TPSA) is 123 Å². The second-order valence-electron chi connectivity index (χ2n) is 9.24. The maximum absolute atomic E-state index is 13.7. The molecule has 7 nitrogen and oxygen atoms in total. The van der Waals surface area contributed by atoms with Crippen LogP contribution < -0.4 is 22.1 Å². The summed E-state index contributed by atoms with van der Waals surface area (Å²) in [6.45, 7) is 4.25. The molecule has 0 aliphatic rings. The quantitative estimate of drug-likeness (QED) is 0.189. The van der Waals surface area contributed by atoms with Crippen molar-refractivity contribution in [2.24, 2.45) is 16.5 Å². The van der Waals surface area contributed by atoms with Gasteiger partial charge in [-0.15, -0.1) is 0 Å². The van der Waals surface area contributed by atoms with Crippen LogP contribution >= 0.6 is 0 Å². The van der Waals surface area contributed by atoms with E-state index >= 15 is 0 Å². The number of benzene rings is 3. The number of nitrogens with two attached hydrogens (primary N) is 2. The second-order valence-corrected chi connectivity index (χ2v) is 9.24. The van der Waals surface area contributed by atoms with Gasteiger partial charge in [-0.2, -0.15) is 0 Å². The molecular formula is C29H35N5O2. The number of rotatable bonds is 11. The van der Waals surface area contributed by atoms with E-state index in [0.29, 0.717) is 19.4 Å². The van der Waals surface area contributed by atoms with Gasteiger partial charge in [0.2, 0.25) is 11.8 Å². The first-order chi connectivity index (χ1) is 17.3. The fourth-order valence-electron chi connectivity index (χ4n) is 4.14. The van der Waals surface area contributed by atoms with Crippen LogP contribution in [-0.4, -0.2) is 30.4 Å². The molecule has 0 radical (unpaired) electrons. The summed E-state index contributed by atoms with van der Waals surface area (Å²) in [6.07, 6.45) is 0.916. The summed E-state index contributed by atoms with van der Waals surface area (Å²) in [4.78, 5) is 31.2. The molecule has 0 fully saturated rings. The van der Waals surface area contributed by atoms with E-state index in [4.69, 9.17) is 11.5 Å². The molecule has 0 aliphatic carbocycles. The molecule has 6 N–H and O–H groups in total. The van der Waals surface area contributed by atoms with Crippen molar-refractivity contribution in [1.29, 1.82) is 0 Å². The highest BCUT2D eigenvalue weighted by Gasteiger charge is 2.31. The highest BCUT2D eigenvalue weighted by atomic mass is 16.2. The van der Waals surface area contributed by atoms with E-state index in [9.17, 15) is 9.59 Å². The lowest BCUT2D eigenvalue weighted by Crippen LogP contribution is -2.52. The van der Waals surface area contributed by atoms with Crippen LogP contribution in [-0.2, 0) is 15.1 Å². The fourth-order valence-corrected chi connectivity index (χ4v) is 4.14. The average Bonchev–Trinajstić information content (AvgIpc) is 2.87. The van der Waals surface area contributed by atoms with Crippen LogP contribution in [0, 0.1) is 0 Å². The maximum atomic E-state index is 13.7. The van der Waals surface area contributed by atoms with Crippen LogP contribution in [0.1, 0.15) is 49.3 Å². The Morgan fingerprint density at radius 2 is 1.31 bits per heavy atom. The highest BCUT2D eigenvalue weighted by molar-refractivity contribution is 5.92. The maximum Gasteiger partial charge on any atom is 0.243 e. The van der Waals surface area contributed by atoms with Crippen molar-refractivity contribution in [1.82, 2.24) is 10.6 Å². The van der Waals surface area contributed by atoms with E-state index in [1.807, 2.05) is 105 Å². The summed E-state index contributed by atoms with van der Waals surface area (Å²) < 4.78 is 0. The molecule has 3 rings (SSSR count). The molecule has 2 amide bonds. The van der Waals surface area contributed by atoms with Gasteiger partial charge in [-0.1, -0.05) is 91.0 Å². The van der Waals surface area contributed by atoms with Crippen molar-refractivity contribution in [2.75, 3.05) is 6.54 Å². The molecule has 0 saturated heterocycles. The minimum absolute atomic E-state index is 0.00142. The Kier molecular flexibility index (Phi) is 9.22. The van der Waals surface area contributed by atoms with Gasteiger partial charge in [-0.25, -0.2) is 0 Å². The van der Waals surface area contributed by atoms with Crippen molar-refractivity contribution in [3.63, 3.8) is 0 Å². The Labute approximate surface area is 213 Å². The molecule has 0 unspecified atom stereocenters. The molecule has 36 heavy (non-hydrogen) atoms. The summed E-state index contributed by atoms with van der Waals surface area (Å²) in [6, 6.07) is 28.1. The van der Waals surface area contributed by atoms with E-state index in [1.165, 1.54) is 0 Å². The molecule has 0 saturated carbocycles. The van der Waals surface area contributed by atoms with Gasteiger partial charge < -0.3 is 22.1 Å². The van der Waals surface area contributed by atoms with E-state index < -0.39 is 17.5 Å². The van der Waals surface area contributed by atoms with Gasteiger partial charge in [0.15, 0.2) is 5.96 Å². The number of nitrogens with zero attached hydrogens (tertiary/aromatic N) is 1. The average molecular weight is 486 g/mol. The Bertz CT molecular complexity index is 1100. The summed E-state index contributed by atoms with van der Waals surface area (Å²) >= 11 is 0. The zero-order chi connectivity index (χ0) is 26.0. The van der Waals surface area contributed by atoms with Crippen LogP contribution in [0.25, 0.3) is 0 Å². The third-order valence-electron chi connectivity index (χ3n) is 6.04. The Balaban J connectivity index is 1.84. The first kappa shape index (κ1) is 26.5. The molecule has 0 aliphatic heterocycles. The van der Waals surface area contributed by atoms with Gasteiger partial charge >= 0.3 is 0 Å². The molecule has 1 atom stereocenters. The summed E-state index contributed by atoms with van der Waals surface area (Å²) in [5, 5.41) is 6.12. The molecule has 3 aromatic carbocycles. The van der Waals surface area contributed by atoms with Crippen LogP contribution in [0.15, 0.2) is 96.0 Å². The number of nitrogens with one attached hydrogen (secondary N) is 2. The summed E-state index contributed by atoms with van der Waals surface area (Å²) in [5.41, 5.74) is 12.9. The zero-order valence-corrected chi connectivity index (χ0v) is 20.9. The first-order valence-corrected chi connectivity index (χ1v) is 12.1. The van der Waals surface area contributed by atoms with E-state index in [1.54, 1.807) is 0 Å². The number of guanidine groups is 1. The third kappa shape index (κ3) is 7.43. The predicted octanol–water partition coefficient (Wildman–Crippen LogP) is 3.41. The van der Waals surface area contributed by atoms with Crippen molar-refractivity contribution in [3.05, 3.63) is 108 Å². The fraction of sp³-hybridized carbons (Fsp3) is 0.276. The number of aliphatic imine (C=N–C) groups is 1. The minimum Gasteiger partial charge on any atom is -0.370 e. The van der Waals surface area contributed by atoms with Crippen molar-refractivity contribution >= 4 is 17.8 Å². The van der Waals surface area contributed by atoms with Crippen molar-refractivity contribution < 1.29 is 9.59 Å². The second kappa shape index (κ2) is 12.5. The molecule has 0 spiro atoms. The number of hydrogen-bond acceptors (Lipinski definition) is 3. The third-order valence-corrected chi connectivity index (χ3v) is 6.04. The first-order valence-electron chi connectivity index (χ1n) is 12.1. The van der Waals surface area contributed by atoms with Crippen LogP contribution in [0.3, 0.4) is 0 Å². The normalized spacial score (nSPS) is 12.0. The molecular weight excluding hydrogens is 450 g/mol. The molecule has 0 aromatic heterocycles. The highest BCUT2D eigenvalue weighted by Crippen LogP contribution is 2.25. The van der Waals surface area contributed by atoms with Crippen LogP contribution in [0.2, 0.25) is 0 Å². The lowest BCUT2D eigenvalue weighted by molar-refractivity contribution is -0.130. The van der Waals surface area contributed by atoms with Gasteiger partial charge in [0.25, 0.3) is 0 Å². The van der Waals surface area contributed by atoms with Gasteiger partial charge in [0, 0.05) is 6.54 Å². The monoisotopic (exact) mass is 485 g/mol. The standard InChI is InChI=1S/C29H35N5O2/c1-29(2,23-17-10-5-11-18-23)34-26(35)24(19-12-20-32-28(30)31)33-27(36)25(21-13-6-3-7-14-21)22-15-8-4-9-16-22/h3-11,13-18,24-25H,12,19-20H2,1-2H3,(H,33,36)(H,34,35)(H4,30,31,32)/t24-/m1/s1. The van der Waals surface area contributed by atoms with E-state index in [0.717, 1.165) is 16.7 Å². The summed E-state index contributed by atoms with van der Waals surface area (Å²) in [7, 11) is 0. The van der Waals surface area contributed by atoms with E-state index in [-0.39, 0.29) is 17.8 Å². The van der Waals surface area contributed by atoms with Crippen LogP contribution in [0.4, 0.5) is 0 Å². The van der Waals surface area contributed by atoms with Gasteiger partial charge in [-0.3, -0.25) is 14.6 Å². The lowest BCUT2D eigenvalue weighted by Gasteiger charge is -2.30. The number of carbonyl (C=O) groups excluding carboxylic acids is 2. The zero-order valence-electron chi connectivity index (χ0n) is 20.9. The summed E-state index contributed by atoms with van der Waals surface area (Å²) in [5.74, 6) is -1.06. The Morgan fingerprint density at radius 3 is 1.81 bits per heavy atom. The smallest absolute Gasteiger partial charge is 0.243 e. The number of carbonyl (C=O) groups is 2. The van der Waals surface area contributed by atoms with Gasteiger partial charge in [0.1, 0.15) is 6.04 Å².